The van der Waals surface area contributed by atoms with Crippen LogP contribution >= 0.6 is 0 Å². The van der Waals surface area contributed by atoms with Crippen LogP contribution in [0.4, 0.5) is 0 Å². The Morgan fingerprint density at radius 3 is 1.77 bits per heavy atom. The first-order chi connectivity index (χ1) is 5.99. The monoisotopic (exact) mass is 198 g/mol. The molecule has 0 aliphatic rings. The third kappa shape index (κ3) is 5.76. The van der Waals surface area contributed by atoms with E-state index in [1.165, 1.54) is 35.6 Å². The molecule has 0 rings (SSSR count). The van der Waals surface area contributed by atoms with Crippen LogP contribution in [0.2, 0.25) is 4.78 Å². The Labute approximate surface area is 92.9 Å². The average Bonchev–Trinajstić information content (AvgIpc) is 1.99. The van der Waals surface area contributed by atoms with Crippen LogP contribution in [0.15, 0.2) is 0 Å². The zero-order valence-electron chi connectivity index (χ0n) is 10.4. The van der Waals surface area contributed by atoms with Crippen molar-refractivity contribution in [1.29, 1.82) is 0 Å². The van der Waals surface area contributed by atoms with E-state index in [-0.39, 0.29) is 0 Å². The highest BCUT2D eigenvalue weighted by atomic mass is 27.0. The van der Waals surface area contributed by atoms with Gasteiger partial charge in [-0.25, -0.2) is 0 Å². The number of hydrogen-bond acceptors (Lipinski definition) is 0. The van der Waals surface area contributed by atoms with Crippen LogP contribution in [0.25, 0.3) is 0 Å². The van der Waals surface area contributed by atoms with E-state index >= 15 is 0 Å². The van der Waals surface area contributed by atoms with Gasteiger partial charge in [0.25, 0.3) is 0 Å². The molecule has 0 aromatic carbocycles. The van der Waals surface area contributed by atoms with Crippen LogP contribution in [0.3, 0.4) is 0 Å². The topological polar surface area (TPSA) is 0 Å². The molecule has 0 nitrogen and oxygen atoms in total. The molecule has 78 valence electrons. The second-order valence-corrected chi connectivity index (χ2v) is 6.91. The van der Waals surface area contributed by atoms with Crippen molar-refractivity contribution in [2.75, 3.05) is 0 Å². The van der Waals surface area contributed by atoms with Crippen molar-refractivity contribution in [3.8, 4) is 0 Å². The smallest absolute Gasteiger partial charge is 0.0899 e. The SMILES string of the molecule is CCC[CH]([AlH2])CC(C(C)C)C(C)C. The van der Waals surface area contributed by atoms with Gasteiger partial charge in [-0.2, -0.15) is 0 Å². The second kappa shape index (κ2) is 6.91. The molecule has 0 saturated carbocycles. The first kappa shape index (κ1) is 13.5. The van der Waals surface area contributed by atoms with E-state index in [9.17, 15) is 0 Å². The lowest BCUT2D eigenvalue weighted by Crippen LogP contribution is -2.17. The summed E-state index contributed by atoms with van der Waals surface area (Å²) in [6.45, 7) is 11.8. The molecule has 1 heteroatoms. The predicted octanol–water partition coefficient (Wildman–Crippen LogP) is 3.53. The van der Waals surface area contributed by atoms with Crippen LogP contribution in [-0.4, -0.2) is 16.3 Å². The summed E-state index contributed by atoms with van der Waals surface area (Å²) in [5.74, 6) is 2.69. The van der Waals surface area contributed by atoms with Crippen LogP contribution in [0.1, 0.15) is 53.9 Å². The molecule has 0 aromatic heterocycles. The fraction of sp³-hybridized carbons (Fsp3) is 1.00. The first-order valence-corrected chi connectivity index (χ1v) is 7.14. The van der Waals surface area contributed by atoms with Gasteiger partial charge in [0.1, 0.15) is 0 Å². The molecule has 0 bridgehead atoms. The van der Waals surface area contributed by atoms with Crippen molar-refractivity contribution in [1.82, 2.24) is 0 Å². The van der Waals surface area contributed by atoms with Crippen LogP contribution in [0.5, 0.6) is 0 Å². The molecule has 0 fully saturated rings. The van der Waals surface area contributed by atoms with E-state index in [0.717, 1.165) is 22.5 Å². The lowest BCUT2D eigenvalue weighted by Gasteiger charge is -2.27. The molecule has 1 unspecified atom stereocenters. The average molecular weight is 198 g/mol. The van der Waals surface area contributed by atoms with E-state index in [2.05, 4.69) is 34.6 Å². The molecule has 0 radical (unpaired) electrons. The Balaban J connectivity index is 3.94. The second-order valence-electron chi connectivity index (χ2n) is 5.28. The zero-order chi connectivity index (χ0) is 10.4. The Kier molecular flexibility index (Phi) is 7.19. The summed E-state index contributed by atoms with van der Waals surface area (Å²) < 4.78 is 1.06. The maximum absolute atomic E-state index is 2.38. The summed E-state index contributed by atoms with van der Waals surface area (Å²) in [7, 11) is 0. The fourth-order valence-corrected chi connectivity index (χ4v) is 3.51. The Hall–Kier alpha value is 0.532. The number of hydrogen-bond donors (Lipinski definition) is 0. The highest BCUT2D eigenvalue weighted by molar-refractivity contribution is 6.11. The zero-order valence-corrected chi connectivity index (χ0v) is 12.4. The van der Waals surface area contributed by atoms with E-state index in [0.29, 0.717) is 0 Å². The predicted molar refractivity (Wildman–Crippen MR) is 65.0 cm³/mol. The van der Waals surface area contributed by atoms with Gasteiger partial charge in [-0.1, -0.05) is 58.7 Å². The summed E-state index contributed by atoms with van der Waals surface area (Å²) in [6.07, 6.45) is 4.31. The Morgan fingerprint density at radius 2 is 1.46 bits per heavy atom. The van der Waals surface area contributed by atoms with Gasteiger partial charge in [0.05, 0.1) is 0 Å². The van der Waals surface area contributed by atoms with Crippen LogP contribution in [0, 0.1) is 17.8 Å². The van der Waals surface area contributed by atoms with Gasteiger partial charge in [-0.05, 0) is 17.8 Å². The van der Waals surface area contributed by atoms with E-state index < -0.39 is 0 Å². The molecule has 13 heavy (non-hydrogen) atoms. The fourth-order valence-electron chi connectivity index (χ4n) is 2.39. The number of rotatable bonds is 6. The van der Waals surface area contributed by atoms with Gasteiger partial charge in [0, 0.05) is 0 Å². The van der Waals surface area contributed by atoms with Gasteiger partial charge in [0.2, 0.25) is 16.3 Å². The maximum atomic E-state index is 2.38. The van der Waals surface area contributed by atoms with Gasteiger partial charge in [0.15, 0.2) is 0 Å². The molecular formula is C12H27Al. The standard InChI is InChI=1S/C12H25.Al.2H/c1-6-7-8-9-12(10(2)3)11(4)5;;;/h8,10-12H,6-7,9H2,1-5H3;;;. The summed E-state index contributed by atoms with van der Waals surface area (Å²) in [4.78, 5) is 0. The Bertz CT molecular complexity index is 110. The van der Waals surface area contributed by atoms with Gasteiger partial charge in [-0.15, -0.1) is 0 Å². The summed E-state index contributed by atoms with van der Waals surface area (Å²) in [5.41, 5.74) is 0. The molecule has 0 N–H and O–H groups in total. The van der Waals surface area contributed by atoms with E-state index in [1.54, 1.807) is 0 Å². The minimum Gasteiger partial charge on any atom is -0.0899 e. The largest absolute Gasteiger partial charge is 0.216 e. The summed E-state index contributed by atoms with van der Waals surface area (Å²) in [5, 5.41) is 0. The van der Waals surface area contributed by atoms with Crippen molar-refractivity contribution < 1.29 is 0 Å². The summed E-state index contributed by atoms with van der Waals surface area (Å²) >= 11 is 1.39. The lowest BCUT2D eigenvalue weighted by molar-refractivity contribution is 0.262. The molecule has 0 heterocycles. The van der Waals surface area contributed by atoms with Crippen molar-refractivity contribution in [3.63, 3.8) is 0 Å². The van der Waals surface area contributed by atoms with Crippen LogP contribution in [-0.2, 0) is 0 Å². The highest BCUT2D eigenvalue weighted by Crippen LogP contribution is 2.30. The molecular weight excluding hydrogens is 171 g/mol. The molecule has 0 aromatic rings. The third-order valence-corrected chi connectivity index (χ3v) is 4.22. The van der Waals surface area contributed by atoms with Crippen molar-refractivity contribution >= 4 is 16.3 Å². The molecule has 0 aliphatic heterocycles. The van der Waals surface area contributed by atoms with Gasteiger partial charge in [-0.3, -0.25) is 0 Å². The third-order valence-electron chi connectivity index (χ3n) is 3.17. The molecule has 1 atom stereocenters. The van der Waals surface area contributed by atoms with E-state index in [4.69, 9.17) is 0 Å². The van der Waals surface area contributed by atoms with Crippen LogP contribution < -0.4 is 0 Å². The first-order valence-electron chi connectivity index (χ1n) is 5.99. The van der Waals surface area contributed by atoms with E-state index in [1.807, 2.05) is 0 Å². The molecule has 0 spiro atoms. The quantitative estimate of drug-likeness (QED) is 0.573. The maximum Gasteiger partial charge on any atom is 0.216 e. The molecule has 0 aliphatic carbocycles. The minimum absolute atomic E-state index is 0.869. The van der Waals surface area contributed by atoms with Crippen molar-refractivity contribution in [3.05, 3.63) is 0 Å². The van der Waals surface area contributed by atoms with Gasteiger partial charge >= 0.3 is 0 Å². The highest BCUT2D eigenvalue weighted by Gasteiger charge is 2.19. The molecule has 0 amide bonds. The normalized spacial score (nSPS) is 14.5. The van der Waals surface area contributed by atoms with Crippen molar-refractivity contribution in [2.24, 2.45) is 17.8 Å². The minimum atomic E-state index is 0.869. The lowest BCUT2D eigenvalue weighted by atomic mass is 9.81. The van der Waals surface area contributed by atoms with Crippen molar-refractivity contribution in [2.45, 2.75) is 58.7 Å². The summed E-state index contributed by atoms with van der Waals surface area (Å²) in [6, 6.07) is 0. The van der Waals surface area contributed by atoms with Gasteiger partial charge < -0.3 is 0 Å². The Morgan fingerprint density at radius 1 is 1.00 bits per heavy atom. The molecule has 0 saturated heterocycles.